The SMILES string of the molecule is CCCCc1nc(Cl)c(C(=O)NS(=O)(=O)c2cccc(F)c2)n1Cc1ccc(C)c2ccccc12. The average molecular weight is 514 g/mol. The Morgan fingerprint density at radius 1 is 1.09 bits per heavy atom. The van der Waals surface area contributed by atoms with Gasteiger partial charge in [-0.05, 0) is 53.4 Å². The lowest BCUT2D eigenvalue weighted by Gasteiger charge is -2.15. The fourth-order valence-electron chi connectivity index (χ4n) is 4.06. The number of nitrogens with zero attached hydrogens (tertiary/aromatic N) is 2. The van der Waals surface area contributed by atoms with Gasteiger partial charge in [0, 0.05) is 6.42 Å². The molecule has 0 radical (unpaired) electrons. The van der Waals surface area contributed by atoms with Gasteiger partial charge in [-0.25, -0.2) is 22.5 Å². The lowest BCUT2D eigenvalue weighted by atomic mass is 10.00. The topological polar surface area (TPSA) is 81.1 Å². The van der Waals surface area contributed by atoms with Gasteiger partial charge in [0.2, 0.25) is 0 Å². The molecule has 0 aliphatic carbocycles. The zero-order chi connectivity index (χ0) is 25.2. The first-order valence-electron chi connectivity index (χ1n) is 11.3. The van der Waals surface area contributed by atoms with Crippen LogP contribution in [0.5, 0.6) is 0 Å². The van der Waals surface area contributed by atoms with E-state index in [1.54, 1.807) is 4.57 Å². The van der Waals surface area contributed by atoms with Gasteiger partial charge in [-0.2, -0.15) is 0 Å². The summed E-state index contributed by atoms with van der Waals surface area (Å²) >= 11 is 6.39. The molecule has 0 saturated heterocycles. The standard InChI is InChI=1S/C26H25ClFN3O3S/c1-3-4-12-23-29-25(27)24(26(32)30-35(33,34)20-9-7-8-19(28)15-20)31(23)16-18-14-13-17(2)21-10-5-6-11-22(18)21/h5-11,13-15H,3-4,12,16H2,1-2H3,(H,30,32). The smallest absolute Gasteiger partial charge is 0.284 e. The van der Waals surface area contributed by atoms with E-state index in [9.17, 15) is 17.6 Å². The third-order valence-corrected chi connectivity index (χ3v) is 7.46. The molecule has 35 heavy (non-hydrogen) atoms. The van der Waals surface area contributed by atoms with Crippen LogP contribution in [-0.2, 0) is 23.0 Å². The van der Waals surface area contributed by atoms with Gasteiger partial charge in [0.1, 0.15) is 17.3 Å². The fourth-order valence-corrected chi connectivity index (χ4v) is 5.33. The number of aryl methyl sites for hydroxylation is 2. The van der Waals surface area contributed by atoms with E-state index in [1.165, 1.54) is 12.1 Å². The third kappa shape index (κ3) is 5.23. The highest BCUT2D eigenvalue weighted by Gasteiger charge is 2.27. The van der Waals surface area contributed by atoms with Crippen LogP contribution in [0.2, 0.25) is 5.15 Å². The van der Waals surface area contributed by atoms with Crippen molar-refractivity contribution in [2.24, 2.45) is 0 Å². The lowest BCUT2D eigenvalue weighted by Crippen LogP contribution is -2.32. The first-order chi connectivity index (χ1) is 16.7. The second-order valence-corrected chi connectivity index (χ2v) is 10.4. The number of rotatable bonds is 8. The number of halogens is 2. The molecule has 3 aromatic carbocycles. The van der Waals surface area contributed by atoms with Crippen molar-refractivity contribution in [2.75, 3.05) is 0 Å². The van der Waals surface area contributed by atoms with Gasteiger partial charge in [0.05, 0.1) is 11.4 Å². The lowest BCUT2D eigenvalue weighted by molar-refractivity contribution is 0.0972. The van der Waals surface area contributed by atoms with E-state index in [0.29, 0.717) is 12.2 Å². The molecular weight excluding hydrogens is 489 g/mol. The largest absolute Gasteiger partial charge is 0.318 e. The molecule has 1 amide bonds. The molecule has 0 spiro atoms. The number of carbonyl (C=O) groups excluding carboxylic acids is 1. The zero-order valence-corrected chi connectivity index (χ0v) is 21.0. The molecule has 0 aliphatic heterocycles. The summed E-state index contributed by atoms with van der Waals surface area (Å²) in [5.74, 6) is -1.06. The number of sulfonamides is 1. The fraction of sp³-hybridized carbons (Fsp3) is 0.231. The van der Waals surface area contributed by atoms with Gasteiger partial charge < -0.3 is 4.57 Å². The van der Waals surface area contributed by atoms with Crippen LogP contribution in [0.1, 0.15) is 47.2 Å². The first kappa shape index (κ1) is 24.9. The Morgan fingerprint density at radius 2 is 1.83 bits per heavy atom. The third-order valence-electron chi connectivity index (χ3n) is 5.87. The molecule has 1 aromatic heterocycles. The van der Waals surface area contributed by atoms with Gasteiger partial charge >= 0.3 is 0 Å². The molecular formula is C26H25ClFN3O3S. The minimum atomic E-state index is -4.32. The highest BCUT2D eigenvalue weighted by Crippen LogP contribution is 2.27. The Kier molecular flexibility index (Phi) is 7.23. The van der Waals surface area contributed by atoms with Crippen LogP contribution in [0.15, 0.2) is 65.6 Å². The van der Waals surface area contributed by atoms with Crippen molar-refractivity contribution in [3.05, 3.63) is 94.3 Å². The van der Waals surface area contributed by atoms with E-state index in [0.717, 1.165) is 46.9 Å². The Hall–Kier alpha value is -3.23. The van der Waals surface area contributed by atoms with Gasteiger partial charge in [0.15, 0.2) is 5.15 Å². The average Bonchev–Trinajstić information content (AvgIpc) is 3.14. The number of amides is 1. The van der Waals surface area contributed by atoms with Crippen LogP contribution in [0.3, 0.4) is 0 Å². The molecule has 4 aromatic rings. The van der Waals surface area contributed by atoms with Crippen molar-refractivity contribution in [2.45, 2.75) is 44.6 Å². The highest BCUT2D eigenvalue weighted by molar-refractivity contribution is 7.90. The number of hydrogen-bond acceptors (Lipinski definition) is 4. The highest BCUT2D eigenvalue weighted by atomic mass is 35.5. The van der Waals surface area contributed by atoms with Crippen molar-refractivity contribution in [3.8, 4) is 0 Å². The number of unbranched alkanes of at least 4 members (excludes halogenated alkanes) is 1. The van der Waals surface area contributed by atoms with Crippen LogP contribution >= 0.6 is 11.6 Å². The summed E-state index contributed by atoms with van der Waals surface area (Å²) in [6, 6.07) is 16.4. The maximum absolute atomic E-state index is 13.6. The Bertz CT molecular complexity index is 1520. The van der Waals surface area contributed by atoms with E-state index in [4.69, 9.17) is 11.6 Å². The molecule has 9 heteroatoms. The Morgan fingerprint density at radius 3 is 2.54 bits per heavy atom. The van der Waals surface area contributed by atoms with Gasteiger partial charge in [0.25, 0.3) is 15.9 Å². The molecule has 0 aliphatic rings. The maximum Gasteiger partial charge on any atom is 0.284 e. The number of benzene rings is 3. The van der Waals surface area contributed by atoms with Crippen LogP contribution in [0, 0.1) is 12.7 Å². The predicted octanol–water partition coefficient (Wildman–Crippen LogP) is 5.65. The van der Waals surface area contributed by atoms with Crippen LogP contribution in [-0.4, -0.2) is 23.9 Å². The summed E-state index contributed by atoms with van der Waals surface area (Å²) in [6.07, 6.45) is 2.31. The molecule has 4 rings (SSSR count). The van der Waals surface area contributed by atoms with Gasteiger partial charge in [-0.1, -0.05) is 67.4 Å². The molecule has 182 valence electrons. The molecule has 6 nitrogen and oxygen atoms in total. The summed E-state index contributed by atoms with van der Waals surface area (Å²) in [4.78, 5) is 17.3. The Balaban J connectivity index is 1.77. The van der Waals surface area contributed by atoms with E-state index in [-0.39, 0.29) is 22.3 Å². The predicted molar refractivity (Wildman–Crippen MR) is 135 cm³/mol. The van der Waals surface area contributed by atoms with Crippen molar-refractivity contribution < 1.29 is 17.6 Å². The molecule has 1 N–H and O–H groups in total. The monoisotopic (exact) mass is 513 g/mol. The minimum absolute atomic E-state index is 0.0533. The van der Waals surface area contributed by atoms with Gasteiger partial charge in [-0.3, -0.25) is 4.79 Å². The van der Waals surface area contributed by atoms with Crippen LogP contribution in [0.25, 0.3) is 10.8 Å². The number of aromatic nitrogens is 2. The first-order valence-corrected chi connectivity index (χ1v) is 13.1. The van der Waals surface area contributed by atoms with Crippen LogP contribution < -0.4 is 4.72 Å². The van der Waals surface area contributed by atoms with Crippen molar-refractivity contribution in [3.63, 3.8) is 0 Å². The quantitative estimate of drug-likeness (QED) is 0.330. The number of carbonyl (C=O) groups is 1. The van der Waals surface area contributed by atoms with Crippen molar-refractivity contribution in [1.29, 1.82) is 0 Å². The molecule has 0 unspecified atom stereocenters. The van der Waals surface area contributed by atoms with E-state index in [2.05, 4.69) is 4.98 Å². The maximum atomic E-state index is 13.6. The van der Waals surface area contributed by atoms with Crippen molar-refractivity contribution >= 4 is 38.3 Å². The number of nitrogens with one attached hydrogen (secondary N) is 1. The molecule has 0 fully saturated rings. The molecule has 0 bridgehead atoms. The van der Waals surface area contributed by atoms with E-state index in [1.807, 2.05) is 55.0 Å². The summed E-state index contributed by atoms with van der Waals surface area (Å²) in [7, 11) is -4.32. The second kappa shape index (κ2) is 10.2. The molecule has 0 saturated carbocycles. The molecule has 0 atom stereocenters. The van der Waals surface area contributed by atoms with Gasteiger partial charge in [-0.15, -0.1) is 0 Å². The van der Waals surface area contributed by atoms with E-state index >= 15 is 0 Å². The Labute approximate surface area is 208 Å². The molecule has 1 heterocycles. The number of fused-ring (bicyclic) bond motifs is 1. The summed E-state index contributed by atoms with van der Waals surface area (Å²) in [5.41, 5.74) is 2.01. The van der Waals surface area contributed by atoms with Crippen LogP contribution in [0.4, 0.5) is 4.39 Å². The summed E-state index contributed by atoms with van der Waals surface area (Å²) in [5, 5.41) is 2.03. The normalized spacial score (nSPS) is 11.7. The number of imidazole rings is 1. The number of hydrogen-bond donors (Lipinski definition) is 1. The summed E-state index contributed by atoms with van der Waals surface area (Å²) in [6.45, 7) is 4.35. The second-order valence-electron chi connectivity index (χ2n) is 8.34. The summed E-state index contributed by atoms with van der Waals surface area (Å²) < 4.78 is 42.8. The minimum Gasteiger partial charge on any atom is -0.318 e. The zero-order valence-electron chi connectivity index (χ0n) is 19.4. The van der Waals surface area contributed by atoms with E-state index < -0.39 is 21.7 Å². The van der Waals surface area contributed by atoms with Crippen molar-refractivity contribution in [1.82, 2.24) is 14.3 Å².